The zero-order chi connectivity index (χ0) is 14.8. The first-order valence-corrected chi connectivity index (χ1v) is 7.87. The second-order valence-corrected chi connectivity index (χ2v) is 5.38. The van der Waals surface area contributed by atoms with Gasteiger partial charge in [0, 0.05) is 11.6 Å². The van der Waals surface area contributed by atoms with Crippen molar-refractivity contribution in [2.45, 2.75) is 64.8 Å². The third-order valence-corrected chi connectivity index (χ3v) is 3.57. The summed E-state index contributed by atoms with van der Waals surface area (Å²) < 4.78 is 27.2. The van der Waals surface area contributed by atoms with Gasteiger partial charge in [-0.05, 0) is 37.6 Å². The van der Waals surface area contributed by atoms with E-state index in [4.69, 9.17) is 0 Å². The summed E-state index contributed by atoms with van der Waals surface area (Å²) in [6.07, 6.45) is 7.76. The van der Waals surface area contributed by atoms with Crippen molar-refractivity contribution < 1.29 is 8.78 Å². The van der Waals surface area contributed by atoms with Gasteiger partial charge in [0.1, 0.15) is 11.6 Å². The van der Waals surface area contributed by atoms with E-state index < -0.39 is 0 Å². The molecule has 1 aromatic carbocycles. The molecule has 0 spiro atoms. The second-order valence-electron chi connectivity index (χ2n) is 5.38. The molecule has 0 amide bonds. The maximum absolute atomic E-state index is 13.9. The van der Waals surface area contributed by atoms with Gasteiger partial charge in [0.2, 0.25) is 0 Å². The SMILES string of the molecule is CCCCCCCC(NCCC)c1cc(F)ccc1F. The lowest BCUT2D eigenvalue weighted by atomic mass is 9.99. The number of halogens is 2. The first kappa shape index (κ1) is 17.1. The Bertz CT molecular complexity index is 379. The highest BCUT2D eigenvalue weighted by atomic mass is 19.1. The Labute approximate surface area is 121 Å². The molecule has 1 N–H and O–H groups in total. The first-order chi connectivity index (χ1) is 9.69. The predicted molar refractivity (Wildman–Crippen MR) is 80.8 cm³/mol. The maximum atomic E-state index is 13.9. The van der Waals surface area contributed by atoms with E-state index in [1.807, 2.05) is 0 Å². The van der Waals surface area contributed by atoms with Crippen molar-refractivity contribution in [3.8, 4) is 0 Å². The van der Waals surface area contributed by atoms with E-state index in [0.717, 1.165) is 32.2 Å². The van der Waals surface area contributed by atoms with E-state index in [0.29, 0.717) is 5.56 Å². The van der Waals surface area contributed by atoms with Crippen LogP contribution in [0.25, 0.3) is 0 Å². The summed E-state index contributed by atoms with van der Waals surface area (Å²) in [6, 6.07) is 3.65. The van der Waals surface area contributed by atoms with Crippen molar-refractivity contribution in [2.24, 2.45) is 0 Å². The highest BCUT2D eigenvalue weighted by molar-refractivity contribution is 5.22. The number of benzene rings is 1. The average molecular weight is 283 g/mol. The van der Waals surface area contributed by atoms with Crippen LogP contribution in [0.1, 0.15) is 70.4 Å². The third-order valence-electron chi connectivity index (χ3n) is 3.57. The number of nitrogens with one attached hydrogen (secondary N) is 1. The number of hydrogen-bond acceptors (Lipinski definition) is 1. The Hall–Kier alpha value is -0.960. The minimum Gasteiger partial charge on any atom is -0.310 e. The summed E-state index contributed by atoms with van der Waals surface area (Å²) in [7, 11) is 0. The van der Waals surface area contributed by atoms with Crippen LogP contribution in [0, 0.1) is 11.6 Å². The minimum absolute atomic E-state index is 0.0766. The van der Waals surface area contributed by atoms with Gasteiger partial charge in [0.05, 0.1) is 0 Å². The zero-order valence-corrected chi connectivity index (χ0v) is 12.7. The molecule has 0 saturated heterocycles. The molecule has 0 heterocycles. The summed E-state index contributed by atoms with van der Waals surface area (Å²) >= 11 is 0. The highest BCUT2D eigenvalue weighted by Crippen LogP contribution is 2.24. The summed E-state index contributed by atoms with van der Waals surface area (Å²) in [6.45, 7) is 5.09. The lowest BCUT2D eigenvalue weighted by Crippen LogP contribution is -2.23. The van der Waals surface area contributed by atoms with Crippen molar-refractivity contribution in [1.82, 2.24) is 5.32 Å². The summed E-state index contributed by atoms with van der Waals surface area (Å²) in [4.78, 5) is 0. The number of hydrogen-bond donors (Lipinski definition) is 1. The van der Waals surface area contributed by atoms with Crippen LogP contribution in [-0.2, 0) is 0 Å². The minimum atomic E-state index is -0.365. The van der Waals surface area contributed by atoms with Crippen LogP contribution < -0.4 is 5.32 Å². The fourth-order valence-electron chi connectivity index (χ4n) is 2.42. The summed E-state index contributed by atoms with van der Waals surface area (Å²) in [5.74, 6) is -0.677. The molecule has 0 aliphatic heterocycles. The smallest absolute Gasteiger partial charge is 0.128 e. The molecule has 0 aromatic heterocycles. The topological polar surface area (TPSA) is 12.0 Å². The van der Waals surface area contributed by atoms with Crippen molar-refractivity contribution in [3.05, 3.63) is 35.4 Å². The molecular formula is C17H27F2N. The van der Waals surface area contributed by atoms with Gasteiger partial charge in [0.15, 0.2) is 0 Å². The molecule has 0 saturated carbocycles. The van der Waals surface area contributed by atoms with Crippen LogP contribution in [0.15, 0.2) is 18.2 Å². The fourth-order valence-corrected chi connectivity index (χ4v) is 2.42. The Morgan fingerprint density at radius 2 is 1.75 bits per heavy atom. The molecule has 1 nitrogen and oxygen atoms in total. The van der Waals surface area contributed by atoms with Crippen molar-refractivity contribution >= 4 is 0 Å². The van der Waals surface area contributed by atoms with Gasteiger partial charge < -0.3 is 5.32 Å². The van der Waals surface area contributed by atoms with Gasteiger partial charge in [-0.2, -0.15) is 0 Å². The van der Waals surface area contributed by atoms with Gasteiger partial charge in [-0.1, -0.05) is 46.0 Å². The fraction of sp³-hybridized carbons (Fsp3) is 0.647. The molecule has 0 aliphatic carbocycles. The Kier molecular flexibility index (Phi) is 8.43. The standard InChI is InChI=1S/C17H27F2N/c1-3-5-6-7-8-9-17(20-12-4-2)15-13-14(18)10-11-16(15)19/h10-11,13,17,20H,3-9,12H2,1-2H3. The van der Waals surface area contributed by atoms with Gasteiger partial charge in [-0.3, -0.25) is 0 Å². The predicted octanol–water partition coefficient (Wildman–Crippen LogP) is 5.37. The number of rotatable bonds is 10. The van der Waals surface area contributed by atoms with Crippen LogP contribution in [0.4, 0.5) is 8.78 Å². The molecule has 1 unspecified atom stereocenters. The molecule has 20 heavy (non-hydrogen) atoms. The molecule has 1 rings (SSSR count). The van der Waals surface area contributed by atoms with Crippen LogP contribution in [0.5, 0.6) is 0 Å². The van der Waals surface area contributed by atoms with Crippen molar-refractivity contribution in [2.75, 3.05) is 6.54 Å². The van der Waals surface area contributed by atoms with E-state index in [2.05, 4.69) is 19.2 Å². The molecule has 114 valence electrons. The molecule has 1 aromatic rings. The summed E-state index contributed by atoms with van der Waals surface area (Å²) in [5, 5.41) is 3.34. The van der Waals surface area contributed by atoms with Crippen molar-refractivity contribution in [3.63, 3.8) is 0 Å². The Morgan fingerprint density at radius 1 is 1.00 bits per heavy atom. The molecular weight excluding hydrogens is 256 g/mol. The third kappa shape index (κ3) is 6.00. The van der Waals surface area contributed by atoms with Crippen LogP contribution in [-0.4, -0.2) is 6.54 Å². The van der Waals surface area contributed by atoms with Crippen LogP contribution >= 0.6 is 0 Å². The van der Waals surface area contributed by atoms with Crippen LogP contribution in [0.3, 0.4) is 0 Å². The lowest BCUT2D eigenvalue weighted by molar-refractivity contribution is 0.446. The number of unbranched alkanes of at least 4 members (excludes halogenated alkanes) is 4. The molecule has 0 radical (unpaired) electrons. The lowest BCUT2D eigenvalue weighted by Gasteiger charge is -2.19. The molecule has 0 bridgehead atoms. The molecule has 0 aliphatic rings. The Morgan fingerprint density at radius 3 is 2.45 bits per heavy atom. The summed E-state index contributed by atoms with van der Waals surface area (Å²) in [5.41, 5.74) is 0.467. The average Bonchev–Trinajstić information content (AvgIpc) is 2.45. The van der Waals surface area contributed by atoms with E-state index in [1.165, 1.54) is 37.5 Å². The van der Waals surface area contributed by atoms with Gasteiger partial charge in [-0.15, -0.1) is 0 Å². The maximum Gasteiger partial charge on any atom is 0.128 e. The molecule has 3 heteroatoms. The van der Waals surface area contributed by atoms with Gasteiger partial charge in [0.25, 0.3) is 0 Å². The molecule has 1 atom stereocenters. The van der Waals surface area contributed by atoms with E-state index in [1.54, 1.807) is 0 Å². The van der Waals surface area contributed by atoms with Crippen LogP contribution in [0.2, 0.25) is 0 Å². The quantitative estimate of drug-likeness (QED) is 0.569. The van der Waals surface area contributed by atoms with E-state index in [9.17, 15) is 8.78 Å². The largest absolute Gasteiger partial charge is 0.310 e. The van der Waals surface area contributed by atoms with Gasteiger partial charge in [-0.25, -0.2) is 8.78 Å². The highest BCUT2D eigenvalue weighted by Gasteiger charge is 2.15. The second kappa shape index (κ2) is 9.87. The Balaban J connectivity index is 2.60. The monoisotopic (exact) mass is 283 g/mol. The van der Waals surface area contributed by atoms with E-state index in [-0.39, 0.29) is 17.7 Å². The zero-order valence-electron chi connectivity index (χ0n) is 12.7. The first-order valence-electron chi connectivity index (χ1n) is 7.87. The normalized spacial score (nSPS) is 12.6. The van der Waals surface area contributed by atoms with Gasteiger partial charge >= 0.3 is 0 Å². The van der Waals surface area contributed by atoms with E-state index >= 15 is 0 Å². The molecule has 0 fully saturated rings. The van der Waals surface area contributed by atoms with Crippen molar-refractivity contribution in [1.29, 1.82) is 0 Å².